The molecule has 1 amide bonds. The molecule has 19 heavy (non-hydrogen) atoms. The lowest BCUT2D eigenvalue weighted by atomic mass is 9.83. The maximum Gasteiger partial charge on any atom is 0.238 e. The molecule has 5 heteroatoms. The number of aliphatic hydroxyl groups is 1. The first-order valence-electron chi connectivity index (χ1n) is 6.39. The first-order valence-corrected chi connectivity index (χ1v) is 7.18. The molecule has 0 atom stereocenters. The van der Waals surface area contributed by atoms with Crippen LogP contribution in [0.25, 0.3) is 0 Å². The molecule has 1 aromatic carbocycles. The average Bonchev–Trinajstić information content (AvgIpc) is 2.29. The number of carbonyl (C=O) groups excluding carboxylic acids is 1. The molecule has 1 aromatic rings. The number of benzene rings is 1. The van der Waals surface area contributed by atoms with Crippen molar-refractivity contribution >= 4 is 27.5 Å². The molecule has 1 saturated heterocycles. The topological polar surface area (TPSA) is 52.6 Å². The van der Waals surface area contributed by atoms with Gasteiger partial charge in [0, 0.05) is 23.2 Å². The summed E-state index contributed by atoms with van der Waals surface area (Å²) in [6, 6.07) is 7.47. The number of nitrogens with zero attached hydrogens (tertiary/aromatic N) is 1. The number of carbonyl (C=O) groups is 1. The van der Waals surface area contributed by atoms with Crippen LogP contribution in [-0.2, 0) is 4.79 Å². The molecule has 1 aliphatic rings. The molecule has 1 fully saturated rings. The molecule has 104 valence electrons. The van der Waals surface area contributed by atoms with Crippen molar-refractivity contribution in [3.05, 3.63) is 28.7 Å². The third-order valence-electron chi connectivity index (χ3n) is 3.56. The van der Waals surface area contributed by atoms with Gasteiger partial charge in [0.1, 0.15) is 0 Å². The number of β-amino-alcohol motifs (C(OH)–C–C–N with tert-alkyl or cyclic N) is 1. The minimum absolute atomic E-state index is 0.0480. The van der Waals surface area contributed by atoms with E-state index in [0.717, 1.165) is 10.2 Å². The second-order valence-electron chi connectivity index (χ2n) is 5.46. The lowest BCUT2D eigenvalue weighted by Gasteiger charge is -2.48. The van der Waals surface area contributed by atoms with Crippen LogP contribution in [0.4, 0.5) is 5.69 Å². The van der Waals surface area contributed by atoms with Gasteiger partial charge < -0.3 is 10.4 Å². The third-order valence-corrected chi connectivity index (χ3v) is 4.09. The van der Waals surface area contributed by atoms with Gasteiger partial charge in [-0.1, -0.05) is 29.8 Å². The molecule has 0 radical (unpaired) electrons. The Morgan fingerprint density at radius 2 is 2.00 bits per heavy atom. The molecule has 1 aliphatic heterocycles. The number of amides is 1. The van der Waals surface area contributed by atoms with Crippen LogP contribution in [0.1, 0.15) is 13.8 Å². The standard InChI is InChI=1S/C14H19BrN2O2/c1-10(2)14(19)8-17(9-14)7-13(18)16-12-5-3-11(15)4-6-12/h3-6,10,19H,7-9H2,1-2H3,(H,16,18). The SMILES string of the molecule is CC(C)C1(O)CN(CC(=O)Nc2ccc(Br)cc2)C1. The summed E-state index contributed by atoms with van der Waals surface area (Å²) >= 11 is 3.35. The molecule has 0 bridgehead atoms. The normalized spacial score (nSPS) is 18.2. The second kappa shape index (κ2) is 5.61. The molecule has 0 unspecified atom stereocenters. The number of rotatable bonds is 4. The van der Waals surface area contributed by atoms with Crippen LogP contribution in [0.2, 0.25) is 0 Å². The van der Waals surface area contributed by atoms with Gasteiger partial charge in [0.15, 0.2) is 0 Å². The van der Waals surface area contributed by atoms with Crippen molar-refractivity contribution in [1.82, 2.24) is 4.90 Å². The zero-order valence-electron chi connectivity index (χ0n) is 11.2. The van der Waals surface area contributed by atoms with Crippen LogP contribution in [-0.4, -0.2) is 41.1 Å². The minimum atomic E-state index is -0.627. The largest absolute Gasteiger partial charge is 0.387 e. The second-order valence-corrected chi connectivity index (χ2v) is 6.37. The number of halogens is 1. The predicted molar refractivity (Wildman–Crippen MR) is 79.0 cm³/mol. The molecule has 0 aliphatic carbocycles. The van der Waals surface area contributed by atoms with Crippen molar-refractivity contribution in [1.29, 1.82) is 0 Å². The summed E-state index contributed by atoms with van der Waals surface area (Å²) in [7, 11) is 0. The van der Waals surface area contributed by atoms with Crippen LogP contribution in [0.3, 0.4) is 0 Å². The lowest BCUT2D eigenvalue weighted by molar-refractivity contribution is -0.139. The van der Waals surface area contributed by atoms with E-state index in [-0.39, 0.29) is 11.8 Å². The lowest BCUT2D eigenvalue weighted by Crippen LogP contribution is -2.65. The van der Waals surface area contributed by atoms with E-state index in [0.29, 0.717) is 19.6 Å². The molecule has 0 spiro atoms. The fourth-order valence-corrected chi connectivity index (χ4v) is 2.41. The van der Waals surface area contributed by atoms with Gasteiger partial charge in [-0.2, -0.15) is 0 Å². The highest BCUT2D eigenvalue weighted by atomic mass is 79.9. The van der Waals surface area contributed by atoms with Gasteiger partial charge >= 0.3 is 0 Å². The maximum absolute atomic E-state index is 11.8. The summed E-state index contributed by atoms with van der Waals surface area (Å²) in [5, 5.41) is 13.0. The first-order chi connectivity index (χ1) is 8.89. The van der Waals surface area contributed by atoms with Crippen LogP contribution in [0.15, 0.2) is 28.7 Å². The Kier molecular flexibility index (Phi) is 4.28. The number of anilines is 1. The van der Waals surface area contributed by atoms with Crippen LogP contribution >= 0.6 is 15.9 Å². The average molecular weight is 327 g/mol. The molecule has 1 heterocycles. The zero-order valence-corrected chi connectivity index (χ0v) is 12.8. The van der Waals surface area contributed by atoms with E-state index in [1.807, 2.05) is 43.0 Å². The number of hydrogen-bond donors (Lipinski definition) is 2. The van der Waals surface area contributed by atoms with Crippen LogP contribution < -0.4 is 5.32 Å². The zero-order chi connectivity index (χ0) is 14.0. The summed E-state index contributed by atoms with van der Waals surface area (Å²) in [4.78, 5) is 13.8. The fraction of sp³-hybridized carbons (Fsp3) is 0.500. The third kappa shape index (κ3) is 3.55. The Morgan fingerprint density at radius 3 is 2.53 bits per heavy atom. The van der Waals surface area contributed by atoms with E-state index in [4.69, 9.17) is 0 Å². The number of likely N-dealkylation sites (tertiary alicyclic amines) is 1. The maximum atomic E-state index is 11.8. The molecule has 4 nitrogen and oxygen atoms in total. The van der Waals surface area contributed by atoms with Crippen molar-refractivity contribution in [3.63, 3.8) is 0 Å². The van der Waals surface area contributed by atoms with Crippen molar-refractivity contribution < 1.29 is 9.90 Å². The Balaban J connectivity index is 1.79. The van der Waals surface area contributed by atoms with Gasteiger partial charge in [-0.15, -0.1) is 0 Å². The van der Waals surface area contributed by atoms with Gasteiger partial charge in [0.25, 0.3) is 0 Å². The van der Waals surface area contributed by atoms with E-state index in [1.165, 1.54) is 0 Å². The molecule has 2 rings (SSSR count). The van der Waals surface area contributed by atoms with Crippen molar-refractivity contribution in [2.45, 2.75) is 19.4 Å². The van der Waals surface area contributed by atoms with Gasteiger partial charge in [-0.3, -0.25) is 9.69 Å². The molecular weight excluding hydrogens is 308 g/mol. The Labute approximate surface area is 121 Å². The first kappa shape index (κ1) is 14.5. The highest BCUT2D eigenvalue weighted by molar-refractivity contribution is 9.10. The summed E-state index contributed by atoms with van der Waals surface area (Å²) < 4.78 is 0.982. The summed E-state index contributed by atoms with van der Waals surface area (Å²) in [6.07, 6.45) is 0. The Hall–Kier alpha value is -0.910. The van der Waals surface area contributed by atoms with E-state index < -0.39 is 5.60 Å². The number of nitrogens with one attached hydrogen (secondary N) is 1. The highest BCUT2D eigenvalue weighted by Crippen LogP contribution is 2.28. The van der Waals surface area contributed by atoms with Gasteiger partial charge in [0.05, 0.1) is 12.1 Å². The van der Waals surface area contributed by atoms with Gasteiger partial charge in [-0.25, -0.2) is 0 Å². The van der Waals surface area contributed by atoms with E-state index >= 15 is 0 Å². The molecule has 0 aromatic heterocycles. The monoisotopic (exact) mass is 326 g/mol. The molecule has 0 saturated carbocycles. The molecular formula is C14H19BrN2O2. The van der Waals surface area contributed by atoms with Crippen LogP contribution in [0.5, 0.6) is 0 Å². The smallest absolute Gasteiger partial charge is 0.238 e. The Bertz CT molecular complexity index is 453. The van der Waals surface area contributed by atoms with Crippen LogP contribution in [0, 0.1) is 5.92 Å². The van der Waals surface area contributed by atoms with Gasteiger partial charge in [-0.05, 0) is 30.2 Å². The fourth-order valence-electron chi connectivity index (χ4n) is 2.14. The quantitative estimate of drug-likeness (QED) is 0.890. The predicted octanol–water partition coefficient (Wildman–Crippen LogP) is 2.09. The van der Waals surface area contributed by atoms with E-state index in [9.17, 15) is 9.90 Å². The Morgan fingerprint density at radius 1 is 1.42 bits per heavy atom. The van der Waals surface area contributed by atoms with E-state index in [2.05, 4.69) is 21.2 Å². The minimum Gasteiger partial charge on any atom is -0.387 e. The summed E-state index contributed by atoms with van der Waals surface area (Å²) in [5.74, 6) is 0.173. The summed E-state index contributed by atoms with van der Waals surface area (Å²) in [5.41, 5.74) is 0.158. The van der Waals surface area contributed by atoms with Crippen molar-refractivity contribution in [3.8, 4) is 0 Å². The summed E-state index contributed by atoms with van der Waals surface area (Å²) in [6.45, 7) is 5.46. The number of hydrogen-bond acceptors (Lipinski definition) is 3. The highest BCUT2D eigenvalue weighted by Gasteiger charge is 2.43. The van der Waals surface area contributed by atoms with Gasteiger partial charge in [0.2, 0.25) is 5.91 Å². The van der Waals surface area contributed by atoms with Crippen molar-refractivity contribution in [2.75, 3.05) is 25.0 Å². The van der Waals surface area contributed by atoms with Crippen molar-refractivity contribution in [2.24, 2.45) is 5.92 Å². The molecule has 2 N–H and O–H groups in total. The van der Waals surface area contributed by atoms with E-state index in [1.54, 1.807) is 0 Å².